The number of carbonyl (C=O) groups excluding carboxylic acids is 1. The van der Waals surface area contributed by atoms with Crippen LogP contribution in [0.4, 0.5) is 0 Å². The van der Waals surface area contributed by atoms with Crippen LogP contribution in [0.3, 0.4) is 0 Å². The third-order valence-electron chi connectivity index (χ3n) is 4.48. The van der Waals surface area contributed by atoms with E-state index in [1.54, 1.807) is 0 Å². The van der Waals surface area contributed by atoms with E-state index in [1.807, 2.05) is 6.92 Å². The molecule has 106 valence electrons. The molecule has 4 nitrogen and oxygen atoms in total. The van der Waals surface area contributed by atoms with E-state index in [4.69, 9.17) is 5.73 Å². The minimum atomic E-state index is -0.228. The second-order valence-electron chi connectivity index (χ2n) is 5.70. The number of rotatable bonds is 3. The maximum absolute atomic E-state index is 11.2. The van der Waals surface area contributed by atoms with Gasteiger partial charge in [0.1, 0.15) is 0 Å². The first kappa shape index (κ1) is 13.2. The molecule has 1 aromatic carbocycles. The van der Waals surface area contributed by atoms with Gasteiger partial charge in [0.05, 0.1) is 6.04 Å². The molecule has 0 saturated carbocycles. The molecule has 0 bridgehead atoms. The van der Waals surface area contributed by atoms with Crippen LogP contribution in [0.25, 0.3) is 10.9 Å². The minimum absolute atomic E-state index is 0.154. The zero-order valence-corrected chi connectivity index (χ0v) is 11.8. The summed E-state index contributed by atoms with van der Waals surface area (Å²) < 4.78 is 0. The number of nitrogens with zero attached hydrogens (tertiary/aromatic N) is 1. The quantitative estimate of drug-likeness (QED) is 0.899. The molecule has 0 spiro atoms. The molecular weight excluding hydrogens is 250 g/mol. The predicted molar refractivity (Wildman–Crippen MR) is 80.5 cm³/mol. The van der Waals surface area contributed by atoms with E-state index in [0.29, 0.717) is 5.92 Å². The van der Waals surface area contributed by atoms with Crippen molar-refractivity contribution < 1.29 is 4.79 Å². The summed E-state index contributed by atoms with van der Waals surface area (Å²) in [7, 11) is 0. The molecule has 1 saturated heterocycles. The Hall–Kier alpha value is -1.81. The van der Waals surface area contributed by atoms with Crippen molar-refractivity contribution in [2.45, 2.75) is 31.7 Å². The number of piperidine rings is 1. The first-order valence-electron chi connectivity index (χ1n) is 7.26. The number of benzene rings is 1. The van der Waals surface area contributed by atoms with E-state index in [0.717, 1.165) is 25.9 Å². The van der Waals surface area contributed by atoms with E-state index in [-0.39, 0.29) is 11.9 Å². The molecule has 1 unspecified atom stereocenters. The molecule has 0 radical (unpaired) electrons. The van der Waals surface area contributed by atoms with Crippen molar-refractivity contribution in [2.24, 2.45) is 5.73 Å². The Kier molecular flexibility index (Phi) is 3.49. The van der Waals surface area contributed by atoms with E-state index in [9.17, 15) is 4.79 Å². The number of aromatic amines is 1. The van der Waals surface area contributed by atoms with Crippen molar-refractivity contribution >= 4 is 16.8 Å². The van der Waals surface area contributed by atoms with E-state index < -0.39 is 0 Å². The van der Waals surface area contributed by atoms with Gasteiger partial charge in [0.15, 0.2) is 0 Å². The van der Waals surface area contributed by atoms with Gasteiger partial charge in [-0.15, -0.1) is 0 Å². The number of carbonyl (C=O) groups is 1. The lowest BCUT2D eigenvalue weighted by Gasteiger charge is -2.34. The zero-order chi connectivity index (χ0) is 14.1. The summed E-state index contributed by atoms with van der Waals surface area (Å²) in [5.41, 5.74) is 7.90. The Morgan fingerprint density at radius 3 is 2.70 bits per heavy atom. The number of amides is 1. The summed E-state index contributed by atoms with van der Waals surface area (Å²) in [5.74, 6) is 0.327. The van der Waals surface area contributed by atoms with Gasteiger partial charge in [-0.1, -0.05) is 18.2 Å². The van der Waals surface area contributed by atoms with Gasteiger partial charge in [0.25, 0.3) is 0 Å². The fourth-order valence-corrected chi connectivity index (χ4v) is 3.09. The molecule has 2 heterocycles. The Morgan fingerprint density at radius 2 is 2.05 bits per heavy atom. The van der Waals surface area contributed by atoms with Crippen molar-refractivity contribution in [3.8, 4) is 0 Å². The van der Waals surface area contributed by atoms with Crippen molar-refractivity contribution in [1.29, 1.82) is 0 Å². The normalized spacial score (nSPS) is 19.2. The van der Waals surface area contributed by atoms with E-state index in [2.05, 4.69) is 40.2 Å². The van der Waals surface area contributed by atoms with Crippen LogP contribution in [-0.2, 0) is 4.79 Å². The van der Waals surface area contributed by atoms with Gasteiger partial charge in [-0.2, -0.15) is 0 Å². The SMILES string of the molecule is CC(C(N)=O)N1CCC(c2cc3ccccc3[nH]2)CC1. The topological polar surface area (TPSA) is 62.1 Å². The van der Waals surface area contributed by atoms with E-state index in [1.165, 1.54) is 16.6 Å². The summed E-state index contributed by atoms with van der Waals surface area (Å²) in [5, 5.41) is 1.27. The molecule has 1 atom stereocenters. The monoisotopic (exact) mass is 271 g/mol. The molecule has 0 aliphatic carbocycles. The standard InChI is InChI=1S/C16H21N3O/c1-11(16(17)20)19-8-6-12(7-9-19)15-10-13-4-2-3-5-14(13)18-15/h2-5,10-12,18H,6-9H2,1H3,(H2,17,20). The Bertz CT molecular complexity index is 578. The van der Waals surface area contributed by atoms with Crippen LogP contribution in [0.5, 0.6) is 0 Å². The van der Waals surface area contributed by atoms with Crippen LogP contribution >= 0.6 is 0 Å². The summed E-state index contributed by atoms with van der Waals surface area (Å²) in [6, 6.07) is 10.5. The third kappa shape index (κ3) is 2.43. The highest BCUT2D eigenvalue weighted by Crippen LogP contribution is 2.30. The Morgan fingerprint density at radius 1 is 1.35 bits per heavy atom. The zero-order valence-electron chi connectivity index (χ0n) is 11.8. The molecule has 20 heavy (non-hydrogen) atoms. The molecule has 1 aliphatic heterocycles. The van der Waals surface area contributed by atoms with Gasteiger partial charge < -0.3 is 10.7 Å². The van der Waals surface area contributed by atoms with Crippen molar-refractivity contribution in [2.75, 3.05) is 13.1 Å². The maximum atomic E-state index is 11.2. The molecule has 1 fully saturated rings. The molecular formula is C16H21N3O. The lowest BCUT2D eigenvalue weighted by Crippen LogP contribution is -2.46. The van der Waals surface area contributed by atoms with Gasteiger partial charge >= 0.3 is 0 Å². The van der Waals surface area contributed by atoms with Crippen LogP contribution < -0.4 is 5.73 Å². The van der Waals surface area contributed by atoms with Gasteiger partial charge in [-0.05, 0) is 50.4 Å². The lowest BCUT2D eigenvalue weighted by atomic mass is 9.93. The van der Waals surface area contributed by atoms with Gasteiger partial charge in [-0.25, -0.2) is 0 Å². The Labute approximate surface area is 118 Å². The van der Waals surface area contributed by atoms with Crippen molar-refractivity contribution in [1.82, 2.24) is 9.88 Å². The Balaban J connectivity index is 1.70. The van der Waals surface area contributed by atoms with Crippen LogP contribution in [0.1, 0.15) is 31.4 Å². The highest BCUT2D eigenvalue weighted by atomic mass is 16.1. The number of nitrogens with two attached hydrogens (primary N) is 1. The smallest absolute Gasteiger partial charge is 0.234 e. The number of para-hydroxylation sites is 1. The minimum Gasteiger partial charge on any atom is -0.368 e. The van der Waals surface area contributed by atoms with Crippen molar-refractivity contribution in [3.63, 3.8) is 0 Å². The lowest BCUT2D eigenvalue weighted by molar-refractivity contribution is -0.123. The highest BCUT2D eigenvalue weighted by molar-refractivity contribution is 5.80. The number of nitrogens with one attached hydrogen (secondary N) is 1. The van der Waals surface area contributed by atoms with Gasteiger partial charge in [0.2, 0.25) is 5.91 Å². The van der Waals surface area contributed by atoms with E-state index >= 15 is 0 Å². The van der Waals surface area contributed by atoms with Crippen LogP contribution in [0.2, 0.25) is 0 Å². The molecule has 3 rings (SSSR count). The van der Waals surface area contributed by atoms with Crippen LogP contribution in [-0.4, -0.2) is 34.9 Å². The average Bonchev–Trinajstić information content (AvgIpc) is 2.90. The fourth-order valence-electron chi connectivity index (χ4n) is 3.09. The van der Waals surface area contributed by atoms with Crippen LogP contribution in [0, 0.1) is 0 Å². The molecule has 2 aromatic rings. The second kappa shape index (κ2) is 5.29. The summed E-state index contributed by atoms with van der Waals surface area (Å²) in [6.07, 6.45) is 2.15. The van der Waals surface area contributed by atoms with Gasteiger partial charge in [0, 0.05) is 17.1 Å². The third-order valence-corrected chi connectivity index (χ3v) is 4.48. The number of primary amides is 1. The molecule has 1 aliphatic rings. The highest BCUT2D eigenvalue weighted by Gasteiger charge is 2.26. The molecule has 1 aromatic heterocycles. The summed E-state index contributed by atoms with van der Waals surface area (Å²) >= 11 is 0. The maximum Gasteiger partial charge on any atom is 0.234 e. The second-order valence-corrected chi connectivity index (χ2v) is 5.70. The first-order chi connectivity index (χ1) is 9.65. The molecule has 4 heteroatoms. The molecule has 3 N–H and O–H groups in total. The number of aromatic nitrogens is 1. The van der Waals surface area contributed by atoms with Gasteiger partial charge in [-0.3, -0.25) is 9.69 Å². The summed E-state index contributed by atoms with van der Waals surface area (Å²) in [4.78, 5) is 16.9. The van der Waals surface area contributed by atoms with Crippen LogP contribution in [0.15, 0.2) is 30.3 Å². The number of H-pyrrole nitrogens is 1. The number of hydrogen-bond acceptors (Lipinski definition) is 2. The first-order valence-corrected chi connectivity index (χ1v) is 7.26. The summed E-state index contributed by atoms with van der Waals surface area (Å²) in [6.45, 7) is 3.76. The average molecular weight is 271 g/mol. The number of likely N-dealkylation sites (tertiary alicyclic amines) is 1. The van der Waals surface area contributed by atoms with Crippen molar-refractivity contribution in [3.05, 3.63) is 36.0 Å². The number of hydrogen-bond donors (Lipinski definition) is 2. The molecule has 1 amide bonds. The largest absolute Gasteiger partial charge is 0.368 e. The predicted octanol–water partition coefficient (Wildman–Crippen LogP) is 2.22. The number of fused-ring (bicyclic) bond motifs is 1. The fraction of sp³-hybridized carbons (Fsp3) is 0.438.